The van der Waals surface area contributed by atoms with Crippen molar-refractivity contribution in [3.05, 3.63) is 0 Å². The van der Waals surface area contributed by atoms with E-state index >= 15 is 0 Å². The SMILES string of the molecule is CCC(CC)NC(=O)C(C)S(=O)CC(C)(C)N. The van der Waals surface area contributed by atoms with Gasteiger partial charge < -0.3 is 11.1 Å². The molecule has 0 rings (SSSR count). The molecule has 2 atom stereocenters. The maximum atomic E-state index is 11.9. The Bertz CT molecular complexity index is 270. The van der Waals surface area contributed by atoms with Crippen LogP contribution in [0.3, 0.4) is 0 Å². The van der Waals surface area contributed by atoms with E-state index in [1.807, 2.05) is 27.7 Å². The van der Waals surface area contributed by atoms with Gasteiger partial charge in [0.2, 0.25) is 5.91 Å². The topological polar surface area (TPSA) is 72.2 Å². The van der Waals surface area contributed by atoms with Crippen molar-refractivity contribution in [1.29, 1.82) is 0 Å². The molecular formula is C12H26N2O2S. The van der Waals surface area contributed by atoms with Crippen LogP contribution in [0.4, 0.5) is 0 Å². The molecule has 0 aromatic carbocycles. The van der Waals surface area contributed by atoms with Crippen molar-refractivity contribution in [3.8, 4) is 0 Å². The number of hydrogen-bond donors (Lipinski definition) is 2. The molecule has 2 unspecified atom stereocenters. The molecule has 0 aromatic heterocycles. The van der Waals surface area contributed by atoms with Crippen LogP contribution in [-0.4, -0.2) is 32.7 Å². The summed E-state index contributed by atoms with van der Waals surface area (Å²) < 4.78 is 11.9. The summed E-state index contributed by atoms with van der Waals surface area (Å²) in [7, 11) is -1.22. The number of nitrogens with one attached hydrogen (secondary N) is 1. The van der Waals surface area contributed by atoms with Gasteiger partial charge in [-0.3, -0.25) is 9.00 Å². The van der Waals surface area contributed by atoms with Gasteiger partial charge in [-0.15, -0.1) is 0 Å². The molecule has 5 heteroatoms. The molecule has 0 aliphatic rings. The maximum absolute atomic E-state index is 11.9. The van der Waals surface area contributed by atoms with Gasteiger partial charge in [-0.05, 0) is 33.6 Å². The van der Waals surface area contributed by atoms with Crippen LogP contribution >= 0.6 is 0 Å². The highest BCUT2D eigenvalue weighted by Crippen LogP contribution is 2.06. The van der Waals surface area contributed by atoms with Gasteiger partial charge in [0.1, 0.15) is 5.25 Å². The fourth-order valence-electron chi connectivity index (χ4n) is 1.42. The smallest absolute Gasteiger partial charge is 0.235 e. The van der Waals surface area contributed by atoms with Crippen LogP contribution in [0.15, 0.2) is 0 Å². The van der Waals surface area contributed by atoms with Gasteiger partial charge in [-0.25, -0.2) is 0 Å². The fourth-order valence-corrected chi connectivity index (χ4v) is 2.71. The highest BCUT2D eigenvalue weighted by Gasteiger charge is 2.25. The first-order chi connectivity index (χ1) is 7.71. The zero-order valence-electron chi connectivity index (χ0n) is 11.6. The lowest BCUT2D eigenvalue weighted by Crippen LogP contribution is -2.46. The molecule has 0 fully saturated rings. The normalized spacial score (nSPS) is 15.7. The Morgan fingerprint density at radius 2 is 1.82 bits per heavy atom. The number of hydrogen-bond acceptors (Lipinski definition) is 3. The van der Waals surface area contributed by atoms with Crippen LogP contribution in [0.5, 0.6) is 0 Å². The third kappa shape index (κ3) is 6.78. The maximum Gasteiger partial charge on any atom is 0.235 e. The second kappa shape index (κ2) is 7.11. The Morgan fingerprint density at radius 3 is 2.18 bits per heavy atom. The quantitative estimate of drug-likeness (QED) is 0.723. The minimum atomic E-state index is -1.22. The van der Waals surface area contributed by atoms with Gasteiger partial charge in [-0.1, -0.05) is 13.8 Å². The van der Waals surface area contributed by atoms with E-state index in [2.05, 4.69) is 5.32 Å². The molecule has 0 aliphatic carbocycles. The average Bonchev–Trinajstić information content (AvgIpc) is 2.21. The largest absolute Gasteiger partial charge is 0.352 e. The van der Waals surface area contributed by atoms with Crippen molar-refractivity contribution in [2.45, 2.75) is 64.3 Å². The van der Waals surface area contributed by atoms with Crippen LogP contribution in [0.2, 0.25) is 0 Å². The number of carbonyl (C=O) groups is 1. The van der Waals surface area contributed by atoms with E-state index in [0.717, 1.165) is 12.8 Å². The van der Waals surface area contributed by atoms with Crippen molar-refractivity contribution in [1.82, 2.24) is 5.32 Å². The Morgan fingerprint density at radius 1 is 1.35 bits per heavy atom. The third-order valence-electron chi connectivity index (χ3n) is 2.61. The minimum Gasteiger partial charge on any atom is -0.352 e. The van der Waals surface area contributed by atoms with Crippen molar-refractivity contribution in [2.24, 2.45) is 5.73 Å². The lowest BCUT2D eigenvalue weighted by atomic mass is 10.1. The average molecular weight is 262 g/mol. The summed E-state index contributed by atoms with van der Waals surface area (Å²) in [6, 6.07) is 0.174. The van der Waals surface area contributed by atoms with Crippen LogP contribution in [0.25, 0.3) is 0 Å². The monoisotopic (exact) mass is 262 g/mol. The Kier molecular flexibility index (Phi) is 6.94. The van der Waals surface area contributed by atoms with Gasteiger partial charge in [0.05, 0.1) is 0 Å². The highest BCUT2D eigenvalue weighted by molar-refractivity contribution is 7.86. The summed E-state index contributed by atoms with van der Waals surface area (Å²) in [6.45, 7) is 9.38. The summed E-state index contributed by atoms with van der Waals surface area (Å²) in [5.41, 5.74) is 5.30. The molecule has 102 valence electrons. The van der Waals surface area contributed by atoms with Gasteiger partial charge in [0.25, 0.3) is 0 Å². The van der Waals surface area contributed by atoms with E-state index in [1.54, 1.807) is 6.92 Å². The first kappa shape index (κ1) is 16.6. The molecule has 0 radical (unpaired) electrons. The predicted molar refractivity (Wildman–Crippen MR) is 73.3 cm³/mol. The second-order valence-corrected chi connectivity index (χ2v) is 6.94. The van der Waals surface area contributed by atoms with Gasteiger partial charge >= 0.3 is 0 Å². The van der Waals surface area contributed by atoms with Gasteiger partial charge in [0.15, 0.2) is 0 Å². The van der Waals surface area contributed by atoms with E-state index in [0.29, 0.717) is 5.75 Å². The van der Waals surface area contributed by atoms with Crippen LogP contribution < -0.4 is 11.1 Å². The first-order valence-electron chi connectivity index (χ1n) is 6.17. The summed E-state index contributed by atoms with van der Waals surface area (Å²) in [6.07, 6.45) is 1.79. The van der Waals surface area contributed by atoms with Crippen molar-refractivity contribution >= 4 is 16.7 Å². The number of nitrogens with two attached hydrogens (primary N) is 1. The Balaban J connectivity index is 4.35. The van der Waals surface area contributed by atoms with Crippen molar-refractivity contribution in [3.63, 3.8) is 0 Å². The van der Waals surface area contributed by atoms with Crippen molar-refractivity contribution < 1.29 is 9.00 Å². The standard InChI is InChI=1S/C12H26N2O2S/c1-6-10(7-2)14-11(15)9(3)17(16)8-12(4,5)13/h9-10H,6-8,13H2,1-5H3,(H,14,15). The molecule has 0 aromatic rings. The summed E-state index contributed by atoms with van der Waals surface area (Å²) >= 11 is 0. The van der Waals surface area contributed by atoms with Crippen molar-refractivity contribution in [2.75, 3.05) is 5.75 Å². The molecular weight excluding hydrogens is 236 g/mol. The predicted octanol–water partition coefficient (Wildman–Crippen LogP) is 1.17. The zero-order chi connectivity index (χ0) is 13.6. The molecule has 1 amide bonds. The molecule has 17 heavy (non-hydrogen) atoms. The highest BCUT2D eigenvalue weighted by atomic mass is 32.2. The van der Waals surface area contributed by atoms with Crippen LogP contribution in [0, 0.1) is 0 Å². The number of amides is 1. The molecule has 0 heterocycles. The molecule has 0 spiro atoms. The molecule has 0 saturated heterocycles. The number of carbonyl (C=O) groups excluding carboxylic acids is 1. The second-order valence-electron chi connectivity index (χ2n) is 5.18. The summed E-state index contributed by atoms with van der Waals surface area (Å²) in [4.78, 5) is 11.9. The van der Waals surface area contributed by atoms with Gasteiger partial charge in [0, 0.05) is 28.1 Å². The first-order valence-corrected chi connectivity index (χ1v) is 7.55. The van der Waals surface area contributed by atoms with E-state index in [9.17, 15) is 9.00 Å². The minimum absolute atomic E-state index is 0.138. The molecule has 3 N–H and O–H groups in total. The van der Waals surface area contributed by atoms with E-state index in [1.165, 1.54) is 0 Å². The zero-order valence-corrected chi connectivity index (χ0v) is 12.4. The summed E-state index contributed by atoms with van der Waals surface area (Å²) in [5, 5.41) is 2.41. The van der Waals surface area contributed by atoms with E-state index < -0.39 is 21.6 Å². The lowest BCUT2D eigenvalue weighted by Gasteiger charge is -2.22. The summed E-state index contributed by atoms with van der Waals surface area (Å²) in [5.74, 6) is 0.200. The van der Waals surface area contributed by atoms with Crippen LogP contribution in [0.1, 0.15) is 47.5 Å². The van der Waals surface area contributed by atoms with E-state index in [-0.39, 0.29) is 11.9 Å². The van der Waals surface area contributed by atoms with E-state index in [4.69, 9.17) is 5.73 Å². The van der Waals surface area contributed by atoms with Gasteiger partial charge in [-0.2, -0.15) is 0 Å². The van der Waals surface area contributed by atoms with Crippen LogP contribution in [-0.2, 0) is 15.6 Å². The lowest BCUT2D eigenvalue weighted by molar-refractivity contribution is -0.121. The molecule has 0 saturated carbocycles. The molecule has 0 aliphatic heterocycles. The fraction of sp³-hybridized carbons (Fsp3) is 0.917. The Hall–Kier alpha value is -0.420. The molecule has 4 nitrogen and oxygen atoms in total. The molecule has 0 bridgehead atoms. The Labute approximate surface area is 107 Å². The third-order valence-corrected chi connectivity index (χ3v) is 4.64. The number of rotatable bonds is 7.